The lowest BCUT2D eigenvalue weighted by Crippen LogP contribution is -2.58. The second kappa shape index (κ2) is 6.47. The van der Waals surface area contributed by atoms with Crippen LogP contribution in [0.25, 0.3) is 0 Å². The van der Waals surface area contributed by atoms with Crippen molar-refractivity contribution in [3.8, 4) is 0 Å². The second-order valence-corrected chi connectivity index (χ2v) is 6.90. The first-order valence-electron chi connectivity index (χ1n) is 8.32. The highest BCUT2D eigenvalue weighted by Crippen LogP contribution is 2.36. The van der Waals surface area contributed by atoms with Gasteiger partial charge in [-0.3, -0.25) is 4.90 Å². The molecule has 0 bridgehead atoms. The molecule has 1 aromatic rings. The van der Waals surface area contributed by atoms with Crippen LogP contribution in [0.1, 0.15) is 37.7 Å². The summed E-state index contributed by atoms with van der Waals surface area (Å²) in [7, 11) is 2.19. The van der Waals surface area contributed by atoms with E-state index in [1.807, 2.05) is 0 Å². The molecule has 4 unspecified atom stereocenters. The molecule has 0 radical (unpaired) electrons. The van der Waals surface area contributed by atoms with Crippen LogP contribution >= 0.6 is 0 Å². The SMILES string of the molecule is CC1CN(C)CCN1C1CC(c2ccccc2)CCC1O. The molecular weight excluding hydrogens is 260 g/mol. The molecule has 0 aromatic heterocycles. The van der Waals surface area contributed by atoms with E-state index >= 15 is 0 Å². The van der Waals surface area contributed by atoms with Crippen LogP contribution in [0.5, 0.6) is 0 Å². The first-order valence-corrected chi connectivity index (χ1v) is 8.32. The third-order valence-corrected chi connectivity index (χ3v) is 5.36. The number of hydrogen-bond acceptors (Lipinski definition) is 3. The number of nitrogens with zero attached hydrogens (tertiary/aromatic N) is 2. The third kappa shape index (κ3) is 3.31. The van der Waals surface area contributed by atoms with Crippen LogP contribution in [0.4, 0.5) is 0 Å². The molecule has 4 atom stereocenters. The number of rotatable bonds is 2. The highest BCUT2D eigenvalue weighted by Gasteiger charge is 2.37. The molecule has 1 saturated heterocycles. The maximum absolute atomic E-state index is 10.5. The molecule has 2 fully saturated rings. The van der Waals surface area contributed by atoms with Gasteiger partial charge in [-0.05, 0) is 44.7 Å². The van der Waals surface area contributed by atoms with E-state index in [1.54, 1.807) is 0 Å². The van der Waals surface area contributed by atoms with E-state index in [4.69, 9.17) is 0 Å². The van der Waals surface area contributed by atoms with Crippen molar-refractivity contribution in [3.63, 3.8) is 0 Å². The van der Waals surface area contributed by atoms with Crippen LogP contribution in [-0.2, 0) is 0 Å². The van der Waals surface area contributed by atoms with Crippen molar-refractivity contribution in [2.24, 2.45) is 0 Å². The lowest BCUT2D eigenvalue weighted by molar-refractivity contribution is -0.0288. The van der Waals surface area contributed by atoms with Crippen LogP contribution in [0, 0.1) is 0 Å². The fourth-order valence-corrected chi connectivity index (χ4v) is 4.16. The molecule has 0 amide bonds. The average Bonchev–Trinajstić information content (AvgIpc) is 2.49. The molecule has 21 heavy (non-hydrogen) atoms. The van der Waals surface area contributed by atoms with Gasteiger partial charge in [0, 0.05) is 31.7 Å². The van der Waals surface area contributed by atoms with E-state index in [9.17, 15) is 5.11 Å². The molecule has 1 heterocycles. The lowest BCUT2D eigenvalue weighted by atomic mass is 9.78. The standard InChI is InChI=1S/C18H28N2O/c1-14-13-19(2)10-11-20(14)17-12-16(8-9-18(17)21)15-6-4-3-5-7-15/h3-7,14,16-18,21H,8-13H2,1-2H3. The van der Waals surface area contributed by atoms with Gasteiger partial charge in [0.1, 0.15) is 0 Å². The van der Waals surface area contributed by atoms with E-state index in [-0.39, 0.29) is 6.10 Å². The van der Waals surface area contributed by atoms with Crippen molar-refractivity contribution in [2.75, 3.05) is 26.7 Å². The maximum atomic E-state index is 10.5. The van der Waals surface area contributed by atoms with Gasteiger partial charge < -0.3 is 10.0 Å². The minimum atomic E-state index is -0.157. The second-order valence-electron chi connectivity index (χ2n) is 6.90. The normalized spacial score (nSPS) is 35.8. The zero-order chi connectivity index (χ0) is 14.8. The van der Waals surface area contributed by atoms with Crippen LogP contribution in [0.2, 0.25) is 0 Å². The number of benzene rings is 1. The van der Waals surface area contributed by atoms with Gasteiger partial charge in [0.15, 0.2) is 0 Å². The molecule has 1 saturated carbocycles. The zero-order valence-electron chi connectivity index (χ0n) is 13.3. The van der Waals surface area contributed by atoms with Gasteiger partial charge in [-0.15, -0.1) is 0 Å². The van der Waals surface area contributed by atoms with Gasteiger partial charge in [0.05, 0.1) is 6.10 Å². The fourth-order valence-electron chi connectivity index (χ4n) is 4.16. The molecule has 1 aliphatic heterocycles. The monoisotopic (exact) mass is 288 g/mol. The maximum Gasteiger partial charge on any atom is 0.0696 e. The predicted molar refractivity (Wildman–Crippen MR) is 86.5 cm³/mol. The molecule has 1 N–H and O–H groups in total. The number of piperazine rings is 1. The van der Waals surface area contributed by atoms with Crippen molar-refractivity contribution in [3.05, 3.63) is 35.9 Å². The van der Waals surface area contributed by atoms with Gasteiger partial charge in [-0.25, -0.2) is 0 Å². The summed E-state index contributed by atoms with van der Waals surface area (Å²) in [5.41, 5.74) is 1.44. The Hall–Kier alpha value is -0.900. The molecule has 0 spiro atoms. The Labute approximate surface area is 128 Å². The van der Waals surface area contributed by atoms with Gasteiger partial charge in [0.2, 0.25) is 0 Å². The van der Waals surface area contributed by atoms with Crippen molar-refractivity contribution >= 4 is 0 Å². The molecule has 1 aliphatic carbocycles. The molecule has 3 nitrogen and oxygen atoms in total. The number of likely N-dealkylation sites (N-methyl/N-ethyl adjacent to an activating group) is 1. The number of aliphatic hydroxyl groups excluding tert-OH is 1. The van der Waals surface area contributed by atoms with E-state index in [1.165, 1.54) is 5.56 Å². The van der Waals surface area contributed by atoms with Crippen LogP contribution in [0.15, 0.2) is 30.3 Å². The number of aliphatic hydroxyl groups is 1. The van der Waals surface area contributed by atoms with Gasteiger partial charge >= 0.3 is 0 Å². The molecule has 3 heteroatoms. The van der Waals surface area contributed by atoms with E-state index in [0.717, 1.165) is 38.9 Å². The van der Waals surface area contributed by atoms with Gasteiger partial charge in [0.25, 0.3) is 0 Å². The van der Waals surface area contributed by atoms with Gasteiger partial charge in [-0.1, -0.05) is 30.3 Å². The summed E-state index contributed by atoms with van der Waals surface area (Å²) in [6.07, 6.45) is 2.99. The summed E-state index contributed by atoms with van der Waals surface area (Å²) in [5.74, 6) is 0.603. The Morgan fingerprint density at radius 1 is 1.10 bits per heavy atom. The Bertz CT molecular complexity index is 450. The first kappa shape index (κ1) is 15.0. The topological polar surface area (TPSA) is 26.7 Å². The average molecular weight is 288 g/mol. The summed E-state index contributed by atoms with van der Waals surface area (Å²) in [6.45, 7) is 5.61. The minimum Gasteiger partial charge on any atom is -0.391 e. The van der Waals surface area contributed by atoms with Gasteiger partial charge in [-0.2, -0.15) is 0 Å². The summed E-state index contributed by atoms with van der Waals surface area (Å²) in [4.78, 5) is 4.95. The summed E-state index contributed by atoms with van der Waals surface area (Å²) in [5, 5.41) is 10.5. The fraction of sp³-hybridized carbons (Fsp3) is 0.667. The largest absolute Gasteiger partial charge is 0.391 e. The van der Waals surface area contributed by atoms with Crippen LogP contribution in [0.3, 0.4) is 0 Å². The molecule has 116 valence electrons. The molecule has 3 rings (SSSR count). The lowest BCUT2D eigenvalue weighted by Gasteiger charge is -2.47. The molecular formula is C18H28N2O. The van der Waals surface area contributed by atoms with Crippen molar-refractivity contribution in [1.29, 1.82) is 0 Å². The van der Waals surface area contributed by atoms with E-state index in [2.05, 4.69) is 54.1 Å². The first-order chi connectivity index (χ1) is 10.1. The molecule has 1 aromatic carbocycles. The van der Waals surface area contributed by atoms with Crippen molar-refractivity contribution < 1.29 is 5.11 Å². The van der Waals surface area contributed by atoms with Crippen molar-refractivity contribution in [2.45, 2.75) is 50.3 Å². The molecule has 2 aliphatic rings. The Balaban J connectivity index is 1.72. The summed E-state index contributed by atoms with van der Waals surface area (Å²) >= 11 is 0. The zero-order valence-corrected chi connectivity index (χ0v) is 13.3. The Morgan fingerprint density at radius 2 is 1.86 bits per heavy atom. The third-order valence-electron chi connectivity index (χ3n) is 5.36. The summed E-state index contributed by atoms with van der Waals surface area (Å²) < 4.78 is 0. The summed E-state index contributed by atoms with van der Waals surface area (Å²) in [6, 6.07) is 11.7. The minimum absolute atomic E-state index is 0.157. The van der Waals surface area contributed by atoms with Crippen LogP contribution in [-0.4, -0.2) is 59.8 Å². The number of hydrogen-bond donors (Lipinski definition) is 1. The highest BCUT2D eigenvalue weighted by atomic mass is 16.3. The Morgan fingerprint density at radius 3 is 2.57 bits per heavy atom. The van der Waals surface area contributed by atoms with Crippen LogP contribution < -0.4 is 0 Å². The smallest absolute Gasteiger partial charge is 0.0696 e. The Kier molecular flexibility index (Phi) is 4.63. The van der Waals surface area contributed by atoms with E-state index in [0.29, 0.717) is 18.0 Å². The predicted octanol–water partition coefficient (Wildman–Crippen LogP) is 2.32. The highest BCUT2D eigenvalue weighted by molar-refractivity contribution is 5.20. The quantitative estimate of drug-likeness (QED) is 0.905. The van der Waals surface area contributed by atoms with Crippen molar-refractivity contribution in [1.82, 2.24) is 9.80 Å². The van der Waals surface area contributed by atoms with E-state index < -0.39 is 0 Å².